The highest BCUT2D eigenvalue weighted by Crippen LogP contribution is 2.43. The number of anilines is 1. The van der Waals surface area contributed by atoms with Crippen LogP contribution in [0.3, 0.4) is 0 Å². The fourth-order valence-electron chi connectivity index (χ4n) is 7.85. The number of methoxy groups -OCH3 is 1. The second-order valence-electron chi connectivity index (χ2n) is 13.3. The van der Waals surface area contributed by atoms with Crippen molar-refractivity contribution >= 4 is 23.4 Å². The summed E-state index contributed by atoms with van der Waals surface area (Å²) < 4.78 is 11.5. The van der Waals surface area contributed by atoms with Gasteiger partial charge in [-0.25, -0.2) is 5.01 Å². The smallest absolute Gasteiger partial charge is 0.273 e. The summed E-state index contributed by atoms with van der Waals surface area (Å²) >= 11 is 0. The third-order valence-electron chi connectivity index (χ3n) is 10.6. The number of carbonyl (C=O) groups excluding carboxylic acids is 3. The van der Waals surface area contributed by atoms with E-state index in [0.29, 0.717) is 30.9 Å². The van der Waals surface area contributed by atoms with Gasteiger partial charge in [0.2, 0.25) is 11.8 Å². The zero-order valence-electron chi connectivity index (χ0n) is 25.8. The summed E-state index contributed by atoms with van der Waals surface area (Å²) in [7, 11) is 1.70. The fraction of sp³-hybridized carbons (Fsp3) is 0.571. The number of hydrogen-bond donors (Lipinski definition) is 0. The van der Waals surface area contributed by atoms with Gasteiger partial charge in [-0.05, 0) is 74.3 Å². The Morgan fingerprint density at radius 1 is 0.977 bits per heavy atom. The summed E-state index contributed by atoms with van der Waals surface area (Å²) in [5.74, 6) is 0.868. The van der Waals surface area contributed by atoms with E-state index < -0.39 is 0 Å². The van der Waals surface area contributed by atoms with Gasteiger partial charge in [-0.2, -0.15) is 5.01 Å². The lowest BCUT2D eigenvalue weighted by Gasteiger charge is -2.52. The van der Waals surface area contributed by atoms with Gasteiger partial charge in [-0.15, -0.1) is 0 Å². The maximum absolute atomic E-state index is 13.6. The van der Waals surface area contributed by atoms with Crippen LogP contribution in [0.25, 0.3) is 0 Å². The Hall–Kier alpha value is -3.43. The largest absolute Gasteiger partial charge is 0.497 e. The lowest BCUT2D eigenvalue weighted by molar-refractivity contribution is -0.163. The average Bonchev–Trinajstić information content (AvgIpc) is 3.82. The first kappa shape index (κ1) is 29.3. The molecule has 0 bridgehead atoms. The van der Waals surface area contributed by atoms with Gasteiger partial charge in [0, 0.05) is 60.9 Å². The molecule has 0 aromatic heterocycles. The molecule has 2 aromatic rings. The van der Waals surface area contributed by atoms with Crippen molar-refractivity contribution in [1.29, 1.82) is 0 Å². The van der Waals surface area contributed by atoms with E-state index in [0.717, 1.165) is 92.9 Å². The first-order chi connectivity index (χ1) is 21.5. The fourth-order valence-corrected chi connectivity index (χ4v) is 7.85. The number of hydrazine groups is 1. The van der Waals surface area contributed by atoms with Crippen molar-refractivity contribution in [2.24, 2.45) is 5.92 Å². The number of nitrogens with zero attached hydrogens (tertiary/aromatic N) is 4. The number of carbonyl (C=O) groups is 3. The van der Waals surface area contributed by atoms with Crippen molar-refractivity contribution in [3.63, 3.8) is 0 Å². The zero-order valence-corrected chi connectivity index (χ0v) is 25.8. The highest BCUT2D eigenvalue weighted by molar-refractivity contribution is 6.05. The van der Waals surface area contributed by atoms with Crippen molar-refractivity contribution in [3.8, 4) is 5.75 Å². The molecule has 2 saturated heterocycles. The minimum atomic E-state index is -0.277. The van der Waals surface area contributed by atoms with Crippen LogP contribution in [0.1, 0.15) is 85.7 Å². The lowest BCUT2D eigenvalue weighted by Crippen LogP contribution is -2.59. The van der Waals surface area contributed by atoms with E-state index in [9.17, 15) is 14.4 Å². The number of morpholine rings is 1. The monoisotopic (exact) mass is 600 g/mol. The molecule has 2 aliphatic carbocycles. The number of hydrogen-bond acceptors (Lipinski definition) is 7. The van der Waals surface area contributed by atoms with Crippen LogP contribution < -0.4 is 9.64 Å². The highest BCUT2D eigenvalue weighted by Gasteiger charge is 2.45. The molecule has 0 unspecified atom stereocenters. The number of fused-ring (bicyclic) bond motifs is 1. The van der Waals surface area contributed by atoms with Crippen LogP contribution >= 0.6 is 0 Å². The molecule has 234 valence electrons. The van der Waals surface area contributed by atoms with Crippen LogP contribution in [0.15, 0.2) is 42.5 Å². The number of imide groups is 1. The summed E-state index contributed by atoms with van der Waals surface area (Å²) in [6.07, 6.45) is 9.14. The molecule has 2 aromatic carbocycles. The van der Waals surface area contributed by atoms with Gasteiger partial charge >= 0.3 is 0 Å². The van der Waals surface area contributed by atoms with Crippen LogP contribution in [-0.4, -0.2) is 77.6 Å². The molecule has 3 aliphatic heterocycles. The number of rotatable bonds is 9. The van der Waals surface area contributed by atoms with Crippen molar-refractivity contribution in [2.45, 2.75) is 88.9 Å². The third-order valence-corrected chi connectivity index (χ3v) is 10.6. The van der Waals surface area contributed by atoms with Gasteiger partial charge in [-0.3, -0.25) is 19.3 Å². The Balaban J connectivity index is 1.11. The Morgan fingerprint density at radius 3 is 2.43 bits per heavy atom. The molecule has 4 fully saturated rings. The molecule has 0 atom stereocenters. The molecular formula is C35H44N4O5. The number of amides is 3. The van der Waals surface area contributed by atoms with Gasteiger partial charge in [0.1, 0.15) is 5.75 Å². The Morgan fingerprint density at radius 2 is 1.73 bits per heavy atom. The summed E-state index contributed by atoms with van der Waals surface area (Å²) in [5.41, 5.74) is 3.97. The van der Waals surface area contributed by atoms with Gasteiger partial charge in [0.15, 0.2) is 0 Å². The topological polar surface area (TPSA) is 82.6 Å². The second-order valence-corrected chi connectivity index (χ2v) is 13.3. The van der Waals surface area contributed by atoms with Crippen molar-refractivity contribution < 1.29 is 23.9 Å². The summed E-state index contributed by atoms with van der Waals surface area (Å²) in [6.45, 7) is 4.59. The minimum absolute atomic E-state index is 0.0250. The lowest BCUT2D eigenvalue weighted by atomic mass is 9.77. The first-order valence-electron chi connectivity index (χ1n) is 16.5. The van der Waals surface area contributed by atoms with Gasteiger partial charge in [0.25, 0.3) is 5.91 Å². The van der Waals surface area contributed by atoms with Crippen molar-refractivity contribution in [3.05, 3.63) is 59.2 Å². The highest BCUT2D eigenvalue weighted by atomic mass is 16.5. The van der Waals surface area contributed by atoms with Crippen LogP contribution in [-0.2, 0) is 27.4 Å². The molecule has 3 amide bonds. The predicted octanol–water partition coefficient (Wildman–Crippen LogP) is 4.93. The average molecular weight is 601 g/mol. The molecule has 7 rings (SSSR count). The Kier molecular flexibility index (Phi) is 8.10. The molecule has 2 saturated carbocycles. The van der Waals surface area contributed by atoms with Crippen LogP contribution in [0.2, 0.25) is 0 Å². The number of benzene rings is 2. The summed E-state index contributed by atoms with van der Waals surface area (Å²) in [4.78, 5) is 44.3. The van der Waals surface area contributed by atoms with Crippen molar-refractivity contribution in [1.82, 2.24) is 14.9 Å². The Labute approximate surface area is 260 Å². The molecule has 9 heteroatoms. The standard InChI is InChI=1S/C35H44N4O5/c1-43-28-12-10-26(11-13-28)22-36-20-21-44-24-35(36)17-14-27(15-18-35)37(19-16-25-8-9-25)31-5-2-4-29-30(31)23-38(34(29)42)39-32(40)6-3-7-33(39)41/h2,4-5,10-13,25,27H,3,6-9,14-24H2,1H3. The van der Waals surface area contributed by atoms with E-state index in [4.69, 9.17) is 9.47 Å². The zero-order chi connectivity index (χ0) is 30.3. The maximum Gasteiger partial charge on any atom is 0.273 e. The molecule has 9 nitrogen and oxygen atoms in total. The molecule has 0 N–H and O–H groups in total. The second kappa shape index (κ2) is 12.2. The van der Waals surface area contributed by atoms with Crippen LogP contribution in [0.4, 0.5) is 5.69 Å². The van der Waals surface area contributed by atoms with E-state index in [2.05, 4.69) is 28.0 Å². The molecule has 5 aliphatic rings. The Bertz CT molecular complexity index is 1380. The SMILES string of the molecule is COc1ccc(CN2CCOCC23CCC(N(CCC2CC2)c2cccc4c2CN(N2C(=O)CCCC2=O)C4=O)CC3)cc1. The molecule has 44 heavy (non-hydrogen) atoms. The van der Waals surface area contributed by atoms with E-state index in [1.54, 1.807) is 7.11 Å². The molecular weight excluding hydrogens is 556 g/mol. The van der Waals surface area contributed by atoms with Gasteiger partial charge < -0.3 is 14.4 Å². The van der Waals surface area contributed by atoms with Gasteiger partial charge in [-0.1, -0.05) is 31.0 Å². The molecule has 3 heterocycles. The van der Waals surface area contributed by atoms with Crippen LogP contribution in [0.5, 0.6) is 5.75 Å². The van der Waals surface area contributed by atoms with E-state index in [-0.39, 0.29) is 29.8 Å². The quantitative estimate of drug-likeness (QED) is 0.378. The first-order valence-corrected chi connectivity index (χ1v) is 16.5. The van der Waals surface area contributed by atoms with Crippen LogP contribution in [0, 0.1) is 5.92 Å². The summed E-state index contributed by atoms with van der Waals surface area (Å²) in [5, 5.41) is 2.51. The third kappa shape index (κ3) is 5.60. The van der Waals surface area contributed by atoms with Gasteiger partial charge in [0.05, 0.1) is 26.9 Å². The molecule has 1 spiro atoms. The maximum atomic E-state index is 13.6. The number of piperidine rings is 1. The van der Waals surface area contributed by atoms with Crippen molar-refractivity contribution in [2.75, 3.05) is 38.3 Å². The van der Waals surface area contributed by atoms with E-state index >= 15 is 0 Å². The number of ether oxygens (including phenoxy) is 2. The van der Waals surface area contributed by atoms with E-state index in [1.165, 1.54) is 23.4 Å². The summed E-state index contributed by atoms with van der Waals surface area (Å²) in [6, 6.07) is 14.7. The predicted molar refractivity (Wildman–Crippen MR) is 166 cm³/mol. The molecule has 0 radical (unpaired) electrons. The minimum Gasteiger partial charge on any atom is -0.497 e. The normalized spacial score (nSPS) is 25.9. The van der Waals surface area contributed by atoms with E-state index in [1.807, 2.05) is 24.3 Å².